The van der Waals surface area contributed by atoms with Gasteiger partial charge in [0.25, 0.3) is 5.91 Å². The summed E-state index contributed by atoms with van der Waals surface area (Å²) in [6, 6.07) is 7.18. The van der Waals surface area contributed by atoms with Gasteiger partial charge in [0.1, 0.15) is 5.75 Å². The fourth-order valence-corrected chi connectivity index (χ4v) is 1.85. The van der Waals surface area contributed by atoms with Crippen molar-refractivity contribution in [3.05, 3.63) is 41.2 Å². The molecule has 5 heteroatoms. The molecule has 1 heterocycles. The van der Waals surface area contributed by atoms with E-state index in [1.165, 1.54) is 0 Å². The lowest BCUT2D eigenvalue weighted by molar-refractivity contribution is 0.102. The summed E-state index contributed by atoms with van der Waals surface area (Å²) in [6.07, 6.45) is 0. The topological polar surface area (TPSA) is 67.0 Å². The monoisotopic (exact) mass is 259 g/mol. The largest absolute Gasteiger partial charge is 0.493 e. The molecule has 1 aromatic heterocycles. The third kappa shape index (κ3) is 2.76. The smallest absolute Gasteiger partial charge is 0.259 e. The molecule has 2 rings (SSSR count). The molecule has 5 nitrogen and oxygen atoms in total. The summed E-state index contributed by atoms with van der Waals surface area (Å²) in [4.78, 5) is 12.3. The fraction of sp³-hybridized carbons (Fsp3) is 0.286. The quantitative estimate of drug-likeness (QED) is 0.887. The van der Waals surface area contributed by atoms with Crippen LogP contribution in [-0.4, -0.2) is 22.7 Å². The number of aromatic nitrogens is 2. The van der Waals surface area contributed by atoms with Crippen molar-refractivity contribution in [1.82, 2.24) is 10.2 Å². The predicted molar refractivity (Wildman–Crippen MR) is 73.6 cm³/mol. The van der Waals surface area contributed by atoms with E-state index in [0.717, 1.165) is 17.1 Å². The number of benzene rings is 1. The average molecular weight is 259 g/mol. The number of carbonyl (C=O) groups excluding carboxylic acids is 1. The number of amides is 1. The molecule has 0 bridgehead atoms. The molecule has 0 atom stereocenters. The summed E-state index contributed by atoms with van der Waals surface area (Å²) in [5.74, 6) is 0.387. The Labute approximate surface area is 112 Å². The van der Waals surface area contributed by atoms with Gasteiger partial charge < -0.3 is 10.1 Å². The maximum Gasteiger partial charge on any atom is 0.259 e. The van der Waals surface area contributed by atoms with Crippen LogP contribution in [0.2, 0.25) is 0 Å². The van der Waals surface area contributed by atoms with Crippen LogP contribution in [-0.2, 0) is 0 Å². The molecule has 0 aliphatic heterocycles. The van der Waals surface area contributed by atoms with Gasteiger partial charge in [0, 0.05) is 0 Å². The molecular weight excluding hydrogens is 242 g/mol. The van der Waals surface area contributed by atoms with Gasteiger partial charge in [0.2, 0.25) is 0 Å². The number of hydrogen-bond acceptors (Lipinski definition) is 3. The van der Waals surface area contributed by atoms with Crippen molar-refractivity contribution in [2.45, 2.75) is 20.8 Å². The van der Waals surface area contributed by atoms with Crippen LogP contribution in [0.25, 0.3) is 0 Å². The van der Waals surface area contributed by atoms with Crippen LogP contribution in [0.5, 0.6) is 5.75 Å². The second kappa shape index (κ2) is 5.56. The van der Waals surface area contributed by atoms with Crippen molar-refractivity contribution in [1.29, 1.82) is 0 Å². The van der Waals surface area contributed by atoms with E-state index < -0.39 is 0 Å². The highest BCUT2D eigenvalue weighted by atomic mass is 16.5. The molecule has 1 aromatic carbocycles. The van der Waals surface area contributed by atoms with Crippen LogP contribution in [0.15, 0.2) is 24.3 Å². The molecule has 0 aliphatic carbocycles. The van der Waals surface area contributed by atoms with Gasteiger partial charge in [-0.15, -0.1) is 0 Å². The molecule has 100 valence electrons. The van der Waals surface area contributed by atoms with Gasteiger partial charge in [-0.3, -0.25) is 9.89 Å². The third-order valence-electron chi connectivity index (χ3n) is 2.80. The number of aryl methyl sites for hydroxylation is 2. The zero-order valence-corrected chi connectivity index (χ0v) is 11.3. The number of nitrogens with zero attached hydrogens (tertiary/aromatic N) is 1. The lowest BCUT2D eigenvalue weighted by atomic mass is 10.2. The molecule has 0 unspecified atom stereocenters. The Morgan fingerprint density at radius 1 is 1.37 bits per heavy atom. The fourth-order valence-electron chi connectivity index (χ4n) is 1.85. The van der Waals surface area contributed by atoms with E-state index >= 15 is 0 Å². The predicted octanol–water partition coefficient (Wildman–Crippen LogP) is 2.68. The van der Waals surface area contributed by atoms with Crippen molar-refractivity contribution in [2.75, 3.05) is 11.9 Å². The highest BCUT2D eigenvalue weighted by Crippen LogP contribution is 2.22. The first-order chi connectivity index (χ1) is 9.13. The van der Waals surface area contributed by atoms with E-state index in [9.17, 15) is 4.79 Å². The Balaban J connectivity index is 2.25. The zero-order valence-electron chi connectivity index (χ0n) is 11.3. The molecule has 2 N–H and O–H groups in total. The number of H-pyrrole nitrogens is 1. The number of aromatic amines is 1. The number of carbonyl (C=O) groups is 1. The number of rotatable bonds is 4. The molecule has 19 heavy (non-hydrogen) atoms. The summed E-state index contributed by atoms with van der Waals surface area (Å²) in [5.41, 5.74) is 2.83. The van der Waals surface area contributed by atoms with E-state index in [0.29, 0.717) is 17.9 Å². The first-order valence-electron chi connectivity index (χ1n) is 6.18. The summed E-state index contributed by atoms with van der Waals surface area (Å²) in [6.45, 7) is 6.12. The minimum Gasteiger partial charge on any atom is -0.493 e. The van der Waals surface area contributed by atoms with E-state index in [1.54, 1.807) is 12.1 Å². The van der Waals surface area contributed by atoms with Crippen molar-refractivity contribution in [3.8, 4) is 5.75 Å². The Morgan fingerprint density at radius 2 is 2.11 bits per heavy atom. The summed E-state index contributed by atoms with van der Waals surface area (Å²) in [7, 11) is 0. The van der Waals surface area contributed by atoms with Crippen LogP contribution in [0.4, 0.5) is 5.69 Å². The van der Waals surface area contributed by atoms with Gasteiger partial charge in [-0.25, -0.2) is 0 Å². The molecule has 0 aliphatic rings. The first-order valence-corrected chi connectivity index (χ1v) is 6.18. The van der Waals surface area contributed by atoms with Gasteiger partial charge in [-0.2, -0.15) is 5.10 Å². The number of anilines is 1. The molecule has 0 saturated heterocycles. The minimum absolute atomic E-state index is 0.198. The average Bonchev–Trinajstić information content (AvgIpc) is 2.71. The number of ether oxygens (including phenoxy) is 1. The minimum atomic E-state index is -0.198. The Kier molecular flexibility index (Phi) is 3.85. The number of hydrogen-bond donors (Lipinski definition) is 2. The molecule has 1 amide bonds. The van der Waals surface area contributed by atoms with Crippen LogP contribution < -0.4 is 10.1 Å². The highest BCUT2D eigenvalue weighted by Gasteiger charge is 2.15. The number of nitrogens with one attached hydrogen (secondary N) is 2. The lowest BCUT2D eigenvalue weighted by Crippen LogP contribution is -2.14. The number of para-hydroxylation sites is 1. The van der Waals surface area contributed by atoms with Crippen molar-refractivity contribution in [3.63, 3.8) is 0 Å². The molecular formula is C14H17N3O2. The maximum absolute atomic E-state index is 12.3. The highest BCUT2D eigenvalue weighted by molar-refractivity contribution is 6.06. The Morgan fingerprint density at radius 3 is 2.74 bits per heavy atom. The van der Waals surface area contributed by atoms with E-state index in [2.05, 4.69) is 15.5 Å². The van der Waals surface area contributed by atoms with Crippen LogP contribution in [0, 0.1) is 13.8 Å². The third-order valence-corrected chi connectivity index (χ3v) is 2.80. The van der Waals surface area contributed by atoms with E-state index in [4.69, 9.17) is 4.74 Å². The van der Waals surface area contributed by atoms with Gasteiger partial charge in [-0.1, -0.05) is 12.1 Å². The van der Waals surface area contributed by atoms with Crippen molar-refractivity contribution >= 4 is 11.6 Å². The molecule has 0 radical (unpaired) electrons. The Bertz CT molecular complexity index is 571. The second-order valence-electron chi connectivity index (χ2n) is 4.19. The van der Waals surface area contributed by atoms with Crippen LogP contribution >= 0.6 is 0 Å². The zero-order chi connectivity index (χ0) is 13.8. The summed E-state index contributed by atoms with van der Waals surface area (Å²) in [5, 5.41) is 9.75. The molecule has 0 saturated carbocycles. The molecule has 0 spiro atoms. The van der Waals surface area contributed by atoms with Gasteiger partial charge in [0.15, 0.2) is 0 Å². The van der Waals surface area contributed by atoms with Crippen LogP contribution in [0.3, 0.4) is 0 Å². The maximum atomic E-state index is 12.3. The van der Waals surface area contributed by atoms with Gasteiger partial charge >= 0.3 is 0 Å². The first kappa shape index (κ1) is 13.1. The van der Waals surface area contributed by atoms with Crippen LogP contribution in [0.1, 0.15) is 28.7 Å². The summed E-state index contributed by atoms with van der Waals surface area (Å²) >= 11 is 0. The van der Waals surface area contributed by atoms with Crippen molar-refractivity contribution in [2.24, 2.45) is 0 Å². The van der Waals surface area contributed by atoms with Gasteiger partial charge in [-0.05, 0) is 32.9 Å². The molecule has 2 aromatic rings. The standard InChI is InChI=1S/C14H17N3O2/c1-4-19-12-8-6-5-7-11(12)14(18)15-13-9(2)16-17-10(13)3/h5-8H,4H2,1-3H3,(H,15,18)(H,16,17). The molecule has 0 fully saturated rings. The lowest BCUT2D eigenvalue weighted by Gasteiger charge is -2.10. The Hall–Kier alpha value is -2.30. The normalized spacial score (nSPS) is 10.3. The van der Waals surface area contributed by atoms with E-state index in [1.807, 2.05) is 32.9 Å². The summed E-state index contributed by atoms with van der Waals surface area (Å²) < 4.78 is 5.45. The SMILES string of the molecule is CCOc1ccccc1C(=O)Nc1c(C)n[nH]c1C. The van der Waals surface area contributed by atoms with Crippen molar-refractivity contribution < 1.29 is 9.53 Å². The van der Waals surface area contributed by atoms with Gasteiger partial charge in [0.05, 0.1) is 29.2 Å². The van der Waals surface area contributed by atoms with E-state index in [-0.39, 0.29) is 5.91 Å². The second-order valence-corrected chi connectivity index (χ2v) is 4.19.